The van der Waals surface area contributed by atoms with E-state index in [9.17, 15) is 4.79 Å². The van der Waals surface area contributed by atoms with Crippen molar-refractivity contribution in [1.29, 1.82) is 0 Å². The standard InChI is InChI=1S/C13H19ClN4O/c1-8-9(2)12(17-16-11(8)14)18-6-4-10(5-7-18)13(19)15-3/h10H,4-7H2,1-3H3,(H,15,19). The van der Waals surface area contributed by atoms with E-state index >= 15 is 0 Å². The van der Waals surface area contributed by atoms with Gasteiger partial charge in [-0.25, -0.2) is 0 Å². The van der Waals surface area contributed by atoms with Gasteiger partial charge in [-0.2, -0.15) is 0 Å². The largest absolute Gasteiger partial charge is 0.359 e. The zero-order chi connectivity index (χ0) is 14.0. The molecular formula is C13H19ClN4O. The Hall–Kier alpha value is -1.36. The third kappa shape index (κ3) is 2.81. The molecule has 1 aliphatic heterocycles. The Morgan fingerprint density at radius 2 is 1.89 bits per heavy atom. The third-order valence-corrected chi connectivity index (χ3v) is 4.21. The molecule has 1 aromatic heterocycles. The first-order valence-electron chi connectivity index (χ1n) is 6.50. The van der Waals surface area contributed by atoms with Crippen LogP contribution in [0.25, 0.3) is 0 Å². The number of nitrogens with zero attached hydrogens (tertiary/aromatic N) is 3. The number of hydrogen-bond donors (Lipinski definition) is 1. The molecule has 1 aliphatic rings. The van der Waals surface area contributed by atoms with Gasteiger partial charge in [0.25, 0.3) is 0 Å². The van der Waals surface area contributed by atoms with Crippen LogP contribution in [0.2, 0.25) is 5.15 Å². The van der Waals surface area contributed by atoms with Crippen LogP contribution in [0, 0.1) is 19.8 Å². The molecule has 6 heteroatoms. The van der Waals surface area contributed by atoms with E-state index < -0.39 is 0 Å². The van der Waals surface area contributed by atoms with Gasteiger partial charge >= 0.3 is 0 Å². The average Bonchev–Trinajstić information content (AvgIpc) is 2.44. The van der Waals surface area contributed by atoms with Crippen LogP contribution in [0.4, 0.5) is 5.82 Å². The summed E-state index contributed by atoms with van der Waals surface area (Å²) in [6.07, 6.45) is 1.70. The second kappa shape index (κ2) is 5.74. The summed E-state index contributed by atoms with van der Waals surface area (Å²) in [7, 11) is 1.69. The molecule has 0 atom stereocenters. The first-order valence-corrected chi connectivity index (χ1v) is 6.88. The molecule has 2 rings (SSSR count). The number of nitrogens with one attached hydrogen (secondary N) is 1. The van der Waals surface area contributed by atoms with Crippen molar-refractivity contribution in [3.63, 3.8) is 0 Å². The molecular weight excluding hydrogens is 264 g/mol. The second-order valence-corrected chi connectivity index (χ2v) is 5.30. The van der Waals surface area contributed by atoms with Crippen molar-refractivity contribution < 1.29 is 4.79 Å². The number of amides is 1. The smallest absolute Gasteiger partial charge is 0.222 e. The molecule has 5 nitrogen and oxygen atoms in total. The number of carbonyl (C=O) groups excluding carboxylic acids is 1. The van der Waals surface area contributed by atoms with Crippen LogP contribution >= 0.6 is 11.6 Å². The summed E-state index contributed by atoms with van der Waals surface area (Å²) in [5.41, 5.74) is 2.04. The van der Waals surface area contributed by atoms with Gasteiger partial charge in [0.2, 0.25) is 5.91 Å². The van der Waals surface area contributed by atoms with Crippen LogP contribution < -0.4 is 10.2 Å². The van der Waals surface area contributed by atoms with E-state index in [0.717, 1.165) is 42.9 Å². The summed E-state index contributed by atoms with van der Waals surface area (Å²) >= 11 is 5.96. The highest BCUT2D eigenvalue weighted by atomic mass is 35.5. The summed E-state index contributed by atoms with van der Waals surface area (Å²) in [4.78, 5) is 13.8. The van der Waals surface area contributed by atoms with E-state index in [1.165, 1.54) is 0 Å². The Morgan fingerprint density at radius 3 is 2.47 bits per heavy atom. The van der Waals surface area contributed by atoms with Crippen LogP contribution in [-0.4, -0.2) is 36.2 Å². The highest BCUT2D eigenvalue weighted by Gasteiger charge is 2.26. The molecule has 0 aromatic carbocycles. The van der Waals surface area contributed by atoms with Crippen LogP contribution in [0.15, 0.2) is 0 Å². The predicted molar refractivity (Wildman–Crippen MR) is 75.5 cm³/mol. The average molecular weight is 283 g/mol. The number of carbonyl (C=O) groups is 1. The molecule has 19 heavy (non-hydrogen) atoms. The Kier molecular flexibility index (Phi) is 4.24. The first-order chi connectivity index (χ1) is 9.04. The van der Waals surface area contributed by atoms with Gasteiger partial charge in [-0.15, -0.1) is 10.2 Å². The van der Waals surface area contributed by atoms with Gasteiger partial charge < -0.3 is 10.2 Å². The molecule has 0 unspecified atom stereocenters. The maximum Gasteiger partial charge on any atom is 0.222 e. The number of halogens is 1. The topological polar surface area (TPSA) is 58.1 Å². The summed E-state index contributed by atoms with van der Waals surface area (Å²) < 4.78 is 0. The Morgan fingerprint density at radius 1 is 1.26 bits per heavy atom. The molecule has 0 radical (unpaired) electrons. The number of aromatic nitrogens is 2. The van der Waals surface area contributed by atoms with Crippen molar-refractivity contribution in [3.05, 3.63) is 16.3 Å². The highest BCUT2D eigenvalue weighted by Crippen LogP contribution is 2.27. The van der Waals surface area contributed by atoms with E-state index in [-0.39, 0.29) is 11.8 Å². The van der Waals surface area contributed by atoms with Gasteiger partial charge in [0.1, 0.15) is 0 Å². The fraction of sp³-hybridized carbons (Fsp3) is 0.615. The van der Waals surface area contributed by atoms with Crippen LogP contribution in [0.3, 0.4) is 0 Å². The highest BCUT2D eigenvalue weighted by molar-refractivity contribution is 6.30. The monoisotopic (exact) mass is 282 g/mol. The van der Waals surface area contributed by atoms with Crippen LogP contribution in [-0.2, 0) is 4.79 Å². The molecule has 2 heterocycles. The van der Waals surface area contributed by atoms with E-state index in [1.54, 1.807) is 7.05 Å². The van der Waals surface area contributed by atoms with Crippen LogP contribution in [0.1, 0.15) is 24.0 Å². The molecule has 0 aliphatic carbocycles. The van der Waals surface area contributed by atoms with E-state index in [1.807, 2.05) is 13.8 Å². The van der Waals surface area contributed by atoms with Crippen molar-refractivity contribution >= 4 is 23.3 Å². The maximum atomic E-state index is 11.6. The molecule has 0 saturated carbocycles. The lowest BCUT2D eigenvalue weighted by atomic mass is 9.95. The van der Waals surface area contributed by atoms with Crippen molar-refractivity contribution in [2.45, 2.75) is 26.7 Å². The summed E-state index contributed by atoms with van der Waals surface area (Å²) in [6.45, 7) is 5.62. The minimum atomic E-state index is 0.114. The third-order valence-electron chi connectivity index (χ3n) is 3.85. The van der Waals surface area contributed by atoms with Crippen LogP contribution in [0.5, 0.6) is 0 Å². The van der Waals surface area contributed by atoms with Gasteiger partial charge in [-0.1, -0.05) is 11.6 Å². The lowest BCUT2D eigenvalue weighted by Crippen LogP contribution is -2.40. The van der Waals surface area contributed by atoms with Crippen molar-refractivity contribution in [1.82, 2.24) is 15.5 Å². The van der Waals surface area contributed by atoms with Crippen molar-refractivity contribution in [2.75, 3.05) is 25.0 Å². The predicted octanol–water partition coefficient (Wildman–Crippen LogP) is 1.71. The minimum Gasteiger partial charge on any atom is -0.359 e. The fourth-order valence-corrected chi connectivity index (χ4v) is 2.60. The van der Waals surface area contributed by atoms with Gasteiger partial charge in [0.15, 0.2) is 11.0 Å². The minimum absolute atomic E-state index is 0.114. The molecule has 1 saturated heterocycles. The summed E-state index contributed by atoms with van der Waals surface area (Å²) in [5, 5.41) is 11.3. The molecule has 1 aromatic rings. The molecule has 0 spiro atoms. The van der Waals surface area contributed by atoms with E-state index in [4.69, 9.17) is 11.6 Å². The number of anilines is 1. The van der Waals surface area contributed by atoms with Gasteiger partial charge in [0, 0.05) is 26.1 Å². The molecule has 0 bridgehead atoms. The summed E-state index contributed by atoms with van der Waals surface area (Å²) in [6, 6.07) is 0. The quantitative estimate of drug-likeness (QED) is 0.897. The van der Waals surface area contributed by atoms with Crippen molar-refractivity contribution in [3.8, 4) is 0 Å². The van der Waals surface area contributed by atoms with E-state index in [2.05, 4.69) is 20.4 Å². The first kappa shape index (κ1) is 14.1. The molecule has 1 N–H and O–H groups in total. The normalized spacial score (nSPS) is 16.5. The zero-order valence-electron chi connectivity index (χ0n) is 11.5. The van der Waals surface area contributed by atoms with Gasteiger partial charge in [-0.3, -0.25) is 4.79 Å². The van der Waals surface area contributed by atoms with Gasteiger partial charge in [0.05, 0.1) is 0 Å². The number of hydrogen-bond acceptors (Lipinski definition) is 4. The summed E-state index contributed by atoms with van der Waals surface area (Å²) in [5.74, 6) is 1.13. The SMILES string of the molecule is CNC(=O)C1CCN(c2nnc(Cl)c(C)c2C)CC1. The Bertz CT molecular complexity index is 484. The van der Waals surface area contributed by atoms with Crippen molar-refractivity contribution in [2.24, 2.45) is 5.92 Å². The lowest BCUT2D eigenvalue weighted by molar-refractivity contribution is -0.125. The fourth-order valence-electron chi connectivity index (χ4n) is 2.42. The second-order valence-electron chi connectivity index (χ2n) is 4.94. The Balaban J connectivity index is 2.10. The molecule has 104 valence electrons. The molecule has 1 amide bonds. The lowest BCUT2D eigenvalue weighted by Gasteiger charge is -2.32. The zero-order valence-corrected chi connectivity index (χ0v) is 12.3. The maximum absolute atomic E-state index is 11.6. The van der Waals surface area contributed by atoms with Gasteiger partial charge in [-0.05, 0) is 37.8 Å². The van der Waals surface area contributed by atoms with E-state index in [0.29, 0.717) is 5.15 Å². The Labute approximate surface area is 118 Å². The number of rotatable bonds is 2. The molecule has 1 fully saturated rings. The number of piperidine rings is 1.